The summed E-state index contributed by atoms with van der Waals surface area (Å²) < 4.78 is 13.2. The second-order valence-corrected chi connectivity index (χ2v) is 4.20. The first kappa shape index (κ1) is 11.6. The van der Waals surface area contributed by atoms with E-state index < -0.39 is 0 Å². The topological polar surface area (TPSA) is 24.9 Å². The number of aromatic nitrogens is 1. The Bertz CT molecular complexity index is 486. The zero-order chi connectivity index (χ0) is 12.3. The van der Waals surface area contributed by atoms with Crippen LogP contribution in [-0.2, 0) is 6.54 Å². The molecule has 0 amide bonds. The summed E-state index contributed by atoms with van der Waals surface area (Å²) in [7, 11) is 0. The minimum atomic E-state index is -0.218. The van der Waals surface area contributed by atoms with Crippen LogP contribution >= 0.6 is 0 Å². The fourth-order valence-corrected chi connectivity index (χ4v) is 1.63. The van der Waals surface area contributed by atoms with E-state index in [9.17, 15) is 4.39 Å². The number of nitrogens with one attached hydrogen (secondary N) is 1. The molecule has 1 heterocycles. The van der Waals surface area contributed by atoms with Crippen molar-refractivity contribution in [3.63, 3.8) is 0 Å². The van der Waals surface area contributed by atoms with E-state index in [4.69, 9.17) is 0 Å². The molecule has 1 aromatic heterocycles. The van der Waals surface area contributed by atoms with Crippen molar-refractivity contribution in [1.82, 2.24) is 4.98 Å². The van der Waals surface area contributed by atoms with Gasteiger partial charge in [-0.1, -0.05) is 6.07 Å². The summed E-state index contributed by atoms with van der Waals surface area (Å²) in [6.07, 6.45) is 1.83. The minimum Gasteiger partial charge on any atom is -0.379 e. The summed E-state index contributed by atoms with van der Waals surface area (Å²) in [5.41, 5.74) is 3.77. The second-order valence-electron chi connectivity index (χ2n) is 4.20. The predicted molar refractivity (Wildman–Crippen MR) is 67.4 cm³/mol. The Balaban J connectivity index is 2.04. The first-order chi connectivity index (χ1) is 8.13. The summed E-state index contributed by atoms with van der Waals surface area (Å²) in [6.45, 7) is 4.47. The van der Waals surface area contributed by atoms with Crippen molar-refractivity contribution in [2.45, 2.75) is 20.4 Å². The van der Waals surface area contributed by atoms with Crippen LogP contribution in [0, 0.1) is 19.7 Å². The van der Waals surface area contributed by atoms with Gasteiger partial charge in [0.1, 0.15) is 5.82 Å². The Morgan fingerprint density at radius 3 is 2.59 bits per heavy atom. The number of pyridine rings is 1. The van der Waals surface area contributed by atoms with Crippen LogP contribution in [0.3, 0.4) is 0 Å². The highest BCUT2D eigenvalue weighted by molar-refractivity contribution is 5.46. The molecule has 2 aromatic rings. The fourth-order valence-electron chi connectivity index (χ4n) is 1.63. The summed E-state index contributed by atoms with van der Waals surface area (Å²) in [4.78, 5) is 4.28. The smallest absolute Gasteiger partial charge is 0.125 e. The van der Waals surface area contributed by atoms with Crippen molar-refractivity contribution in [3.8, 4) is 0 Å². The van der Waals surface area contributed by atoms with E-state index in [1.165, 1.54) is 12.1 Å². The van der Waals surface area contributed by atoms with Crippen LogP contribution in [-0.4, -0.2) is 4.98 Å². The number of aryl methyl sites for hydroxylation is 2. The van der Waals surface area contributed by atoms with Gasteiger partial charge in [-0.2, -0.15) is 0 Å². The molecule has 2 rings (SSSR count). The van der Waals surface area contributed by atoms with Gasteiger partial charge in [0.15, 0.2) is 0 Å². The van der Waals surface area contributed by atoms with Crippen molar-refractivity contribution >= 4 is 5.69 Å². The fraction of sp³-hybridized carbons (Fsp3) is 0.214. The molecule has 0 unspecified atom stereocenters. The predicted octanol–water partition coefficient (Wildman–Crippen LogP) is 3.45. The zero-order valence-corrected chi connectivity index (χ0v) is 10.00. The molecule has 1 N–H and O–H groups in total. The number of anilines is 1. The molecular formula is C14H15FN2. The number of rotatable bonds is 3. The van der Waals surface area contributed by atoms with Crippen molar-refractivity contribution in [3.05, 3.63) is 59.2 Å². The monoisotopic (exact) mass is 230 g/mol. The number of nitrogens with zero attached hydrogens (tertiary/aromatic N) is 1. The third kappa shape index (κ3) is 3.28. The maximum Gasteiger partial charge on any atom is 0.125 e. The molecular weight excluding hydrogens is 215 g/mol. The van der Waals surface area contributed by atoms with Crippen molar-refractivity contribution in [2.75, 3.05) is 5.32 Å². The van der Waals surface area contributed by atoms with Gasteiger partial charge in [0.2, 0.25) is 0 Å². The third-order valence-electron chi connectivity index (χ3n) is 2.49. The Hall–Kier alpha value is -1.90. The van der Waals surface area contributed by atoms with Gasteiger partial charge in [0, 0.05) is 11.9 Å². The van der Waals surface area contributed by atoms with E-state index in [-0.39, 0.29) is 5.82 Å². The van der Waals surface area contributed by atoms with Crippen LogP contribution in [0.5, 0.6) is 0 Å². The average Bonchev–Trinajstić information content (AvgIpc) is 2.27. The van der Waals surface area contributed by atoms with Crippen LogP contribution in [0.25, 0.3) is 0 Å². The molecule has 0 aliphatic heterocycles. The molecule has 0 saturated carbocycles. The largest absolute Gasteiger partial charge is 0.379 e. The van der Waals surface area contributed by atoms with Gasteiger partial charge in [0.05, 0.1) is 12.2 Å². The summed E-state index contributed by atoms with van der Waals surface area (Å²) >= 11 is 0. The lowest BCUT2D eigenvalue weighted by Crippen LogP contribution is -2.02. The molecule has 0 aliphatic carbocycles. The van der Waals surface area contributed by atoms with E-state index in [0.717, 1.165) is 22.5 Å². The van der Waals surface area contributed by atoms with Crippen LogP contribution in [0.15, 0.2) is 36.5 Å². The molecule has 0 bridgehead atoms. The lowest BCUT2D eigenvalue weighted by atomic mass is 10.2. The second kappa shape index (κ2) is 4.95. The molecule has 0 radical (unpaired) electrons. The quantitative estimate of drug-likeness (QED) is 0.873. The lowest BCUT2D eigenvalue weighted by Gasteiger charge is -2.07. The first-order valence-corrected chi connectivity index (χ1v) is 5.56. The minimum absolute atomic E-state index is 0.218. The van der Waals surface area contributed by atoms with Crippen molar-refractivity contribution in [2.24, 2.45) is 0 Å². The summed E-state index contributed by atoms with van der Waals surface area (Å²) in [6, 6.07) is 8.89. The highest BCUT2D eigenvalue weighted by Gasteiger charge is 1.99. The van der Waals surface area contributed by atoms with E-state index in [1.54, 1.807) is 0 Å². The normalized spacial score (nSPS) is 10.3. The molecule has 0 spiro atoms. The number of hydrogen-bond donors (Lipinski definition) is 1. The first-order valence-electron chi connectivity index (χ1n) is 5.56. The average molecular weight is 230 g/mol. The molecule has 0 atom stereocenters. The van der Waals surface area contributed by atoms with Crippen LogP contribution < -0.4 is 5.32 Å². The summed E-state index contributed by atoms with van der Waals surface area (Å²) in [5.74, 6) is -0.218. The van der Waals surface area contributed by atoms with Gasteiger partial charge in [-0.3, -0.25) is 4.98 Å². The van der Waals surface area contributed by atoms with E-state index in [2.05, 4.69) is 10.3 Å². The van der Waals surface area contributed by atoms with E-state index in [0.29, 0.717) is 6.54 Å². The number of hydrogen-bond acceptors (Lipinski definition) is 2. The molecule has 88 valence electrons. The Morgan fingerprint density at radius 2 is 1.94 bits per heavy atom. The number of halogens is 1. The molecule has 2 nitrogen and oxygen atoms in total. The van der Waals surface area contributed by atoms with E-state index >= 15 is 0 Å². The molecule has 1 aromatic carbocycles. The van der Waals surface area contributed by atoms with Crippen LogP contribution in [0.2, 0.25) is 0 Å². The van der Waals surface area contributed by atoms with Gasteiger partial charge in [-0.15, -0.1) is 0 Å². The maximum atomic E-state index is 13.2. The van der Waals surface area contributed by atoms with Crippen LogP contribution in [0.4, 0.5) is 10.1 Å². The Morgan fingerprint density at radius 1 is 1.12 bits per heavy atom. The SMILES string of the molecule is Cc1ccc(CNc2cc(C)cc(F)c2)nc1. The number of benzene rings is 1. The molecule has 0 fully saturated rings. The third-order valence-corrected chi connectivity index (χ3v) is 2.49. The molecule has 0 aliphatic rings. The maximum absolute atomic E-state index is 13.2. The Kier molecular flexibility index (Phi) is 3.38. The molecule has 0 saturated heterocycles. The Labute approximate surface area is 101 Å². The van der Waals surface area contributed by atoms with Gasteiger partial charge < -0.3 is 5.32 Å². The van der Waals surface area contributed by atoms with Crippen LogP contribution in [0.1, 0.15) is 16.8 Å². The summed E-state index contributed by atoms with van der Waals surface area (Å²) in [5, 5.41) is 3.16. The standard InChI is InChI=1S/C14H15FN2/c1-10-3-4-13(16-8-10)9-17-14-6-11(2)5-12(15)7-14/h3-8,17H,9H2,1-2H3. The molecule has 17 heavy (non-hydrogen) atoms. The van der Waals surface area contributed by atoms with Gasteiger partial charge in [-0.25, -0.2) is 4.39 Å². The lowest BCUT2D eigenvalue weighted by molar-refractivity contribution is 0.627. The zero-order valence-electron chi connectivity index (χ0n) is 10.00. The van der Waals surface area contributed by atoms with Gasteiger partial charge in [-0.05, 0) is 49.2 Å². The van der Waals surface area contributed by atoms with Gasteiger partial charge >= 0.3 is 0 Å². The van der Waals surface area contributed by atoms with Gasteiger partial charge in [0.25, 0.3) is 0 Å². The molecule has 3 heteroatoms. The van der Waals surface area contributed by atoms with Crippen molar-refractivity contribution in [1.29, 1.82) is 0 Å². The highest BCUT2D eigenvalue weighted by atomic mass is 19.1. The van der Waals surface area contributed by atoms with E-state index in [1.807, 2.05) is 38.2 Å². The van der Waals surface area contributed by atoms with Crippen molar-refractivity contribution < 1.29 is 4.39 Å². The highest BCUT2D eigenvalue weighted by Crippen LogP contribution is 2.14.